The molecule has 176 valence electrons. The molecule has 3 amide bonds. The molecule has 14 nitrogen and oxygen atoms in total. The zero-order valence-corrected chi connectivity index (χ0v) is 17.5. The minimum absolute atomic E-state index is 0.0173. The predicted octanol–water partition coefficient (Wildman–Crippen LogP) is -3.33. The van der Waals surface area contributed by atoms with Crippen LogP contribution in [0.2, 0.25) is 0 Å². The number of nitrogens with two attached hydrogens (primary N) is 3. The highest BCUT2D eigenvalue weighted by Gasteiger charge is 2.31. The maximum absolute atomic E-state index is 12.7. The van der Waals surface area contributed by atoms with Gasteiger partial charge in [0.2, 0.25) is 17.7 Å². The van der Waals surface area contributed by atoms with Crippen molar-refractivity contribution in [3.8, 4) is 0 Å². The second-order valence-corrected chi connectivity index (χ2v) is 7.00. The maximum atomic E-state index is 12.7. The minimum atomic E-state index is -1.48. The Morgan fingerprint density at radius 3 is 1.97 bits per heavy atom. The van der Waals surface area contributed by atoms with Crippen molar-refractivity contribution in [3.05, 3.63) is 0 Å². The van der Waals surface area contributed by atoms with Gasteiger partial charge >= 0.3 is 11.9 Å². The van der Waals surface area contributed by atoms with Gasteiger partial charge in [-0.1, -0.05) is 13.8 Å². The summed E-state index contributed by atoms with van der Waals surface area (Å²) in [6.07, 6.45) is -0.485. The Bertz CT molecular complexity index is 692. The molecule has 0 rings (SSSR count). The lowest BCUT2D eigenvalue weighted by Gasteiger charge is -2.25. The molecule has 0 radical (unpaired) electrons. The lowest BCUT2D eigenvalue weighted by molar-refractivity contribution is -0.144. The number of carboxylic acids is 2. The first kappa shape index (κ1) is 27.6. The summed E-state index contributed by atoms with van der Waals surface area (Å²) >= 11 is 0. The number of carboxylic acid groups (broad SMARTS) is 2. The normalized spacial score (nSPS) is 13.4. The Balaban J connectivity index is 5.48. The molecule has 0 aromatic rings. The molecule has 0 aromatic carbocycles. The third-order valence-electron chi connectivity index (χ3n) is 4.02. The Kier molecular flexibility index (Phi) is 12.2. The lowest BCUT2D eigenvalue weighted by Crippen LogP contribution is -2.57. The Morgan fingerprint density at radius 2 is 1.52 bits per heavy atom. The Hall–Kier alpha value is -3.42. The van der Waals surface area contributed by atoms with E-state index >= 15 is 0 Å². The van der Waals surface area contributed by atoms with Crippen molar-refractivity contribution in [2.75, 3.05) is 13.1 Å². The number of guanidine groups is 1. The molecule has 0 fully saturated rings. The van der Waals surface area contributed by atoms with E-state index in [1.807, 2.05) is 0 Å². The van der Waals surface area contributed by atoms with Crippen molar-refractivity contribution in [1.29, 1.82) is 0 Å². The first-order chi connectivity index (χ1) is 14.4. The SMILES string of the molecule is CC(C)C(NC(=O)C(CCCN=C(N)N)NC(=O)C(CC(=O)O)NC(=O)CN)C(=O)O. The molecule has 31 heavy (non-hydrogen) atoms. The zero-order valence-electron chi connectivity index (χ0n) is 17.5. The summed E-state index contributed by atoms with van der Waals surface area (Å²) in [4.78, 5) is 62.9. The molecule has 0 aliphatic carbocycles. The Morgan fingerprint density at radius 1 is 0.935 bits per heavy atom. The van der Waals surface area contributed by atoms with Gasteiger partial charge in [-0.15, -0.1) is 0 Å². The number of hydrogen-bond donors (Lipinski definition) is 8. The maximum Gasteiger partial charge on any atom is 0.326 e. The van der Waals surface area contributed by atoms with Gasteiger partial charge < -0.3 is 43.4 Å². The van der Waals surface area contributed by atoms with Gasteiger partial charge in [0.1, 0.15) is 18.1 Å². The van der Waals surface area contributed by atoms with Gasteiger partial charge in [0, 0.05) is 6.54 Å². The van der Waals surface area contributed by atoms with Gasteiger partial charge in [-0.05, 0) is 18.8 Å². The van der Waals surface area contributed by atoms with Crippen LogP contribution in [0.1, 0.15) is 33.1 Å². The van der Waals surface area contributed by atoms with Gasteiger partial charge in [0.05, 0.1) is 13.0 Å². The number of amides is 3. The van der Waals surface area contributed by atoms with Crippen molar-refractivity contribution in [2.45, 2.75) is 51.2 Å². The molecular formula is C17H31N7O7. The third-order valence-corrected chi connectivity index (χ3v) is 4.02. The predicted molar refractivity (Wildman–Crippen MR) is 109 cm³/mol. The van der Waals surface area contributed by atoms with Crippen LogP contribution in [0.4, 0.5) is 0 Å². The Labute approximate surface area is 179 Å². The number of rotatable bonds is 14. The van der Waals surface area contributed by atoms with Crippen LogP contribution in [0.5, 0.6) is 0 Å². The second kappa shape index (κ2) is 13.7. The molecule has 0 saturated carbocycles. The number of carbonyl (C=O) groups excluding carboxylic acids is 3. The average molecular weight is 445 g/mol. The summed E-state index contributed by atoms with van der Waals surface area (Å²) in [5.74, 6) is -5.73. The van der Waals surface area contributed by atoms with Crippen LogP contribution in [0.25, 0.3) is 0 Å². The highest BCUT2D eigenvalue weighted by atomic mass is 16.4. The molecule has 14 heteroatoms. The van der Waals surface area contributed by atoms with Crippen molar-refractivity contribution >= 4 is 35.6 Å². The number of carbonyl (C=O) groups is 5. The summed E-state index contributed by atoms with van der Waals surface area (Å²) in [6.45, 7) is 2.85. The van der Waals surface area contributed by atoms with Crippen molar-refractivity contribution in [3.63, 3.8) is 0 Å². The van der Waals surface area contributed by atoms with Gasteiger partial charge in [-0.25, -0.2) is 4.79 Å². The second-order valence-electron chi connectivity index (χ2n) is 7.00. The third kappa shape index (κ3) is 11.4. The van der Waals surface area contributed by atoms with Crippen molar-refractivity contribution in [1.82, 2.24) is 16.0 Å². The smallest absolute Gasteiger partial charge is 0.326 e. The van der Waals surface area contributed by atoms with Gasteiger partial charge in [0.15, 0.2) is 5.96 Å². The average Bonchev–Trinajstić information content (AvgIpc) is 2.66. The standard InChI is InChI=1S/C17H31N7O7/c1-8(2)13(16(30)31)24-14(28)9(4-3-5-21-17(19)20)23-15(29)10(6-12(26)27)22-11(25)7-18/h8-10,13H,3-7,18H2,1-2H3,(H,22,25)(H,23,29)(H,24,28)(H,26,27)(H,30,31)(H4,19,20,21). The van der Waals surface area contributed by atoms with E-state index in [9.17, 15) is 29.1 Å². The number of aliphatic imine (C=N–C) groups is 1. The summed E-state index contributed by atoms with van der Waals surface area (Å²) in [5.41, 5.74) is 15.6. The summed E-state index contributed by atoms with van der Waals surface area (Å²) in [5, 5.41) is 25.1. The van der Waals surface area contributed by atoms with Gasteiger partial charge in [-0.2, -0.15) is 0 Å². The van der Waals surface area contributed by atoms with E-state index in [1.54, 1.807) is 13.8 Å². The van der Waals surface area contributed by atoms with Crippen molar-refractivity contribution in [2.24, 2.45) is 28.1 Å². The molecule has 0 aliphatic heterocycles. The van der Waals surface area contributed by atoms with E-state index in [-0.39, 0.29) is 25.3 Å². The van der Waals surface area contributed by atoms with Crippen molar-refractivity contribution < 1.29 is 34.2 Å². The molecule has 0 aromatic heterocycles. The number of nitrogens with zero attached hydrogens (tertiary/aromatic N) is 1. The minimum Gasteiger partial charge on any atom is -0.481 e. The summed E-state index contributed by atoms with van der Waals surface area (Å²) in [6, 6.07) is -3.92. The quantitative estimate of drug-likeness (QED) is 0.0749. The van der Waals surface area contributed by atoms with Crippen LogP contribution >= 0.6 is 0 Å². The molecule has 0 bridgehead atoms. The fraction of sp³-hybridized carbons (Fsp3) is 0.647. The van der Waals surface area contributed by atoms with E-state index < -0.39 is 66.7 Å². The van der Waals surface area contributed by atoms with Crippen LogP contribution in [0.3, 0.4) is 0 Å². The molecule has 3 atom stereocenters. The number of aliphatic carboxylic acids is 2. The number of hydrogen-bond acceptors (Lipinski definition) is 7. The largest absolute Gasteiger partial charge is 0.481 e. The van der Waals surface area contributed by atoms with E-state index in [4.69, 9.17) is 22.3 Å². The highest BCUT2D eigenvalue weighted by Crippen LogP contribution is 2.06. The molecule has 0 saturated heterocycles. The number of nitrogens with one attached hydrogen (secondary N) is 3. The lowest BCUT2D eigenvalue weighted by atomic mass is 10.0. The highest BCUT2D eigenvalue weighted by molar-refractivity contribution is 5.95. The van der Waals surface area contributed by atoms with E-state index in [0.717, 1.165) is 0 Å². The van der Waals surface area contributed by atoms with E-state index in [0.29, 0.717) is 0 Å². The van der Waals surface area contributed by atoms with Crippen LogP contribution in [-0.2, 0) is 24.0 Å². The monoisotopic (exact) mass is 445 g/mol. The molecule has 0 heterocycles. The molecule has 11 N–H and O–H groups in total. The van der Waals surface area contributed by atoms with Gasteiger partial charge in [0.25, 0.3) is 0 Å². The summed E-state index contributed by atoms with van der Waals surface area (Å²) in [7, 11) is 0. The van der Waals surface area contributed by atoms with Crippen LogP contribution in [0.15, 0.2) is 4.99 Å². The van der Waals surface area contributed by atoms with E-state index in [1.165, 1.54) is 0 Å². The molecule has 0 spiro atoms. The first-order valence-electron chi connectivity index (χ1n) is 9.49. The zero-order chi connectivity index (χ0) is 24.1. The first-order valence-corrected chi connectivity index (χ1v) is 9.49. The molecule has 3 unspecified atom stereocenters. The molecular weight excluding hydrogens is 414 g/mol. The fourth-order valence-electron chi connectivity index (χ4n) is 2.45. The van der Waals surface area contributed by atoms with Crippen LogP contribution in [0, 0.1) is 5.92 Å². The van der Waals surface area contributed by atoms with E-state index in [2.05, 4.69) is 20.9 Å². The fourth-order valence-corrected chi connectivity index (χ4v) is 2.45. The van der Waals surface area contributed by atoms with Crippen LogP contribution < -0.4 is 33.2 Å². The van der Waals surface area contributed by atoms with Gasteiger partial charge in [-0.3, -0.25) is 24.2 Å². The van der Waals surface area contributed by atoms with Crippen LogP contribution in [-0.4, -0.2) is 77.0 Å². The molecule has 0 aliphatic rings. The topological polar surface area (TPSA) is 252 Å². The summed E-state index contributed by atoms with van der Waals surface area (Å²) < 4.78 is 0.